The van der Waals surface area contributed by atoms with Gasteiger partial charge in [0.2, 0.25) is 10.1 Å². The molecule has 1 N–H and O–H groups in total. The minimum atomic E-state index is -4.84. The summed E-state index contributed by atoms with van der Waals surface area (Å²) in [4.78, 5) is 12.8. The molecule has 1 saturated heterocycles. The zero-order valence-corrected chi connectivity index (χ0v) is 27.3. The summed E-state index contributed by atoms with van der Waals surface area (Å²) in [5, 5.41) is 2.53. The maximum Gasteiger partial charge on any atom is 0.400 e. The predicted octanol–water partition coefficient (Wildman–Crippen LogP) is 3.70. The third-order valence-corrected chi connectivity index (χ3v) is 7.38. The van der Waals surface area contributed by atoms with E-state index in [1.165, 1.54) is 6.08 Å². The number of nitrogens with zero attached hydrogens (tertiary/aromatic N) is 2. The Morgan fingerprint density at radius 1 is 1.14 bits per heavy atom. The highest BCUT2D eigenvalue weighted by atomic mass is 35.6. The molecule has 234 valence electrons. The quantitative estimate of drug-likeness (QED) is 0.189. The molecule has 1 aliphatic rings. The first-order valence-electron chi connectivity index (χ1n) is 12.1. The first-order valence-corrected chi connectivity index (χ1v) is 15.7. The molecule has 3 rings (SSSR count). The van der Waals surface area contributed by atoms with E-state index in [4.69, 9.17) is 92.2 Å². The summed E-state index contributed by atoms with van der Waals surface area (Å²) in [5.41, 5.74) is 0.724. The van der Waals surface area contributed by atoms with Crippen LogP contribution in [0.15, 0.2) is 61.7 Å². The van der Waals surface area contributed by atoms with Gasteiger partial charge in [0, 0.05) is 0 Å². The van der Waals surface area contributed by atoms with Crippen LogP contribution < -0.4 is 9.88 Å². The van der Waals surface area contributed by atoms with Crippen molar-refractivity contribution in [2.75, 3.05) is 13.2 Å². The van der Waals surface area contributed by atoms with E-state index in [-0.39, 0.29) is 19.8 Å². The Morgan fingerprint density at radius 3 is 2.40 bits per heavy atom. The number of aryl methyl sites for hydroxylation is 1. The van der Waals surface area contributed by atoms with Gasteiger partial charge in [0.25, 0.3) is 9.70 Å². The molecule has 42 heavy (non-hydrogen) atoms. The van der Waals surface area contributed by atoms with Gasteiger partial charge in [-0.25, -0.2) is 17.5 Å². The maximum atomic E-state index is 13.0. The fourth-order valence-corrected chi connectivity index (χ4v) is 5.35. The Labute approximate surface area is 273 Å². The van der Waals surface area contributed by atoms with E-state index in [2.05, 4.69) is 11.9 Å². The Hall–Kier alpha value is -0.870. The number of hydrogen-bond acceptors (Lipinski definition) is 8. The van der Waals surface area contributed by atoms with E-state index in [1.807, 2.05) is 6.07 Å². The topological polar surface area (TPSA) is 118 Å². The minimum absolute atomic E-state index is 0.0163. The zero-order chi connectivity index (χ0) is 31.1. The van der Waals surface area contributed by atoms with Crippen molar-refractivity contribution in [2.24, 2.45) is 7.05 Å². The van der Waals surface area contributed by atoms with Gasteiger partial charge in [-0.15, -0.1) is 6.58 Å². The van der Waals surface area contributed by atoms with Crippen LogP contribution in [0.5, 0.6) is 0 Å². The number of rotatable bonds is 13. The van der Waals surface area contributed by atoms with Crippen LogP contribution >= 0.6 is 69.6 Å². The van der Waals surface area contributed by atoms with E-state index in [9.17, 15) is 13.2 Å². The van der Waals surface area contributed by atoms with Crippen LogP contribution in [0.4, 0.5) is 0 Å². The molecule has 0 radical (unpaired) electrons. The van der Waals surface area contributed by atoms with Gasteiger partial charge in [0.05, 0.1) is 20.3 Å². The lowest BCUT2D eigenvalue weighted by molar-refractivity contribution is -0.671. The molecule has 0 aliphatic carbocycles. The van der Waals surface area contributed by atoms with Gasteiger partial charge >= 0.3 is 10.4 Å². The summed E-state index contributed by atoms with van der Waals surface area (Å²) in [6, 6.07) is 7.70. The smallest absolute Gasteiger partial charge is 0.368 e. The molecule has 5 atom stereocenters. The average Bonchev–Trinajstić information content (AvgIpc) is 3.31. The van der Waals surface area contributed by atoms with Crippen LogP contribution in [-0.4, -0.2) is 70.3 Å². The molecule has 0 saturated carbocycles. The lowest BCUT2D eigenvalue weighted by Crippen LogP contribution is -2.67. The van der Waals surface area contributed by atoms with Crippen molar-refractivity contribution in [3.8, 4) is 0 Å². The molecule has 1 aromatic carbocycles. The first-order chi connectivity index (χ1) is 19.6. The number of carbonyl (C=O) groups is 1. The molecule has 0 unspecified atom stereocenters. The number of hydrogen-bond donors (Lipinski definition) is 1. The molecule has 1 fully saturated rings. The van der Waals surface area contributed by atoms with Crippen LogP contribution in [0.1, 0.15) is 5.56 Å². The number of nitrogens with one attached hydrogen (secondary N) is 1. The SMILES string of the molecule is C=CCO[C@@H]1O[C@H](Cn2cc[n+](C)c2)[C@@H](OS(=O)(=O)OCC(Cl)(Cl)Cl)[C@H](OCc2ccccc2)[C@H]1NC(=O)C(Cl)(Cl)Cl. The van der Waals surface area contributed by atoms with Gasteiger partial charge in [-0.3, -0.25) is 4.79 Å². The van der Waals surface area contributed by atoms with Gasteiger partial charge in [-0.05, 0) is 5.56 Å². The van der Waals surface area contributed by atoms with Crippen LogP contribution in [-0.2, 0) is 58.0 Å². The number of alkyl halides is 6. The number of imidazole rings is 1. The summed E-state index contributed by atoms with van der Waals surface area (Å²) in [7, 11) is -3.04. The molecular weight excluding hydrogens is 703 g/mol. The molecule has 0 bridgehead atoms. The number of aromatic nitrogens is 2. The Kier molecular flexibility index (Phi) is 13.1. The zero-order valence-electron chi connectivity index (χ0n) is 22.0. The number of amides is 1. The highest BCUT2D eigenvalue weighted by Crippen LogP contribution is 2.33. The third-order valence-electron chi connectivity index (χ3n) is 5.68. The third kappa shape index (κ3) is 11.2. The van der Waals surface area contributed by atoms with Crippen molar-refractivity contribution in [2.45, 2.75) is 51.4 Å². The van der Waals surface area contributed by atoms with Crippen molar-refractivity contribution in [1.82, 2.24) is 9.88 Å². The Balaban J connectivity index is 2.06. The first kappa shape index (κ1) is 35.6. The van der Waals surface area contributed by atoms with Crippen molar-refractivity contribution >= 4 is 85.9 Å². The van der Waals surface area contributed by atoms with E-state index in [1.54, 1.807) is 59.2 Å². The molecule has 2 heterocycles. The van der Waals surface area contributed by atoms with Crippen LogP contribution in [0.25, 0.3) is 0 Å². The molecule has 18 heteroatoms. The number of ether oxygens (including phenoxy) is 3. The van der Waals surface area contributed by atoms with Crippen molar-refractivity contribution in [3.63, 3.8) is 0 Å². The second-order valence-electron chi connectivity index (χ2n) is 9.05. The second kappa shape index (κ2) is 15.4. The van der Waals surface area contributed by atoms with Gasteiger partial charge in [0.15, 0.2) is 6.29 Å². The van der Waals surface area contributed by atoms with Crippen molar-refractivity contribution in [1.29, 1.82) is 0 Å². The number of carbonyl (C=O) groups excluding carboxylic acids is 1. The van der Waals surface area contributed by atoms with E-state index in [0.29, 0.717) is 0 Å². The lowest BCUT2D eigenvalue weighted by atomic mass is 9.95. The molecule has 1 aromatic heterocycles. The standard InChI is InChI=1S/C24H27Cl6N3O8S/c1-3-11-37-21-18(31-22(34)24(28,29)30)20(38-13-16-7-5-4-6-8-16)19(41-42(35,36)39-14-23(25,26)27)17(40-21)12-33-10-9-32(2)15-33/h3-10,15,17-21H,1,11-14H2,2H3/p+1/t17-,18-,19-,20-,21-/m1/s1. The van der Waals surface area contributed by atoms with Crippen LogP contribution in [0.2, 0.25) is 0 Å². The maximum absolute atomic E-state index is 13.0. The predicted molar refractivity (Wildman–Crippen MR) is 158 cm³/mol. The molecule has 1 aliphatic heterocycles. The van der Waals surface area contributed by atoms with Crippen molar-refractivity contribution in [3.05, 3.63) is 67.3 Å². The molecule has 0 spiro atoms. The molecule has 1 amide bonds. The van der Waals surface area contributed by atoms with Gasteiger partial charge in [0.1, 0.15) is 49.9 Å². The number of benzene rings is 1. The summed E-state index contributed by atoms with van der Waals surface area (Å²) in [6.45, 7) is 2.78. The normalized spacial score (nSPS) is 23.5. The summed E-state index contributed by atoms with van der Waals surface area (Å²) in [6.07, 6.45) is 1.61. The number of halogens is 6. The Morgan fingerprint density at radius 2 is 1.83 bits per heavy atom. The largest absolute Gasteiger partial charge is 0.400 e. The summed E-state index contributed by atoms with van der Waals surface area (Å²) in [5.74, 6) is -1.05. The summed E-state index contributed by atoms with van der Waals surface area (Å²) < 4.78 is 53.5. The van der Waals surface area contributed by atoms with E-state index >= 15 is 0 Å². The van der Waals surface area contributed by atoms with Gasteiger partial charge < -0.3 is 19.5 Å². The summed E-state index contributed by atoms with van der Waals surface area (Å²) >= 11 is 34.5. The van der Waals surface area contributed by atoms with E-state index < -0.39 is 61.1 Å². The fourth-order valence-electron chi connectivity index (χ4n) is 3.94. The van der Waals surface area contributed by atoms with Gasteiger partial charge in [-0.2, -0.15) is 8.42 Å². The van der Waals surface area contributed by atoms with Crippen molar-refractivity contribution < 1.29 is 40.4 Å². The van der Waals surface area contributed by atoms with Crippen LogP contribution in [0.3, 0.4) is 0 Å². The fraction of sp³-hybridized carbons (Fsp3) is 0.500. The lowest BCUT2D eigenvalue weighted by Gasteiger charge is -2.45. The Bertz CT molecular complexity index is 1290. The average molecular weight is 731 g/mol. The minimum Gasteiger partial charge on any atom is -0.368 e. The van der Waals surface area contributed by atoms with Crippen LogP contribution in [0, 0.1) is 0 Å². The highest BCUT2D eigenvalue weighted by molar-refractivity contribution is 7.81. The molecule has 2 aromatic rings. The second-order valence-corrected chi connectivity index (χ2v) is 15.1. The molecule has 11 nitrogen and oxygen atoms in total. The van der Waals surface area contributed by atoms with Gasteiger partial charge in [-0.1, -0.05) is 106 Å². The highest BCUT2D eigenvalue weighted by Gasteiger charge is 2.52. The van der Waals surface area contributed by atoms with E-state index in [0.717, 1.165) is 5.56 Å². The monoisotopic (exact) mass is 728 g/mol. The molecular formula is C24H28Cl6N3O8S+.